The van der Waals surface area contributed by atoms with E-state index in [0.717, 1.165) is 40.1 Å². The van der Waals surface area contributed by atoms with Gasteiger partial charge in [0, 0.05) is 45.7 Å². The SMILES string of the molecule is CC(C)n1ncc(-c2cnn(C(CC3CC3)c3ccc(-c4cc(Cl)ccc4-[n+]4cnn[nH]4)cn3)c2)cc1=O. The van der Waals surface area contributed by atoms with Crippen LogP contribution in [0.3, 0.4) is 0 Å². The van der Waals surface area contributed by atoms with Gasteiger partial charge in [0.1, 0.15) is 10.8 Å². The van der Waals surface area contributed by atoms with Gasteiger partial charge in [-0.2, -0.15) is 10.2 Å². The molecule has 0 amide bonds. The largest absolute Gasteiger partial charge is 0.293 e. The van der Waals surface area contributed by atoms with Crippen molar-refractivity contribution in [2.45, 2.75) is 45.2 Å². The molecule has 4 heterocycles. The normalized spacial score (nSPS) is 14.2. The third-order valence-corrected chi connectivity index (χ3v) is 7.09. The third kappa shape index (κ3) is 4.87. The highest BCUT2D eigenvalue weighted by Crippen LogP contribution is 2.39. The van der Waals surface area contributed by atoms with Crippen molar-refractivity contribution >= 4 is 11.6 Å². The Morgan fingerprint density at radius 2 is 1.89 bits per heavy atom. The minimum Gasteiger partial charge on any atom is -0.268 e. The summed E-state index contributed by atoms with van der Waals surface area (Å²) in [7, 11) is 0. The lowest BCUT2D eigenvalue weighted by atomic mass is 10.0. The number of hydrogen-bond donors (Lipinski definition) is 1. The zero-order valence-corrected chi connectivity index (χ0v) is 21.8. The second kappa shape index (κ2) is 9.94. The highest BCUT2D eigenvalue weighted by molar-refractivity contribution is 6.31. The van der Waals surface area contributed by atoms with E-state index in [2.05, 4.69) is 37.9 Å². The minimum atomic E-state index is -0.124. The fourth-order valence-corrected chi connectivity index (χ4v) is 4.83. The van der Waals surface area contributed by atoms with Crippen LogP contribution in [0.1, 0.15) is 50.9 Å². The number of aromatic amines is 1. The van der Waals surface area contributed by atoms with E-state index in [4.69, 9.17) is 16.6 Å². The van der Waals surface area contributed by atoms with E-state index in [0.29, 0.717) is 10.9 Å². The molecule has 1 N–H and O–H groups in total. The Labute approximate surface area is 223 Å². The van der Waals surface area contributed by atoms with E-state index >= 15 is 0 Å². The summed E-state index contributed by atoms with van der Waals surface area (Å²) in [6.45, 7) is 3.88. The number of nitrogens with one attached hydrogen (secondary N) is 1. The molecule has 0 aliphatic heterocycles. The van der Waals surface area contributed by atoms with Crippen LogP contribution in [0.25, 0.3) is 27.9 Å². The molecule has 0 radical (unpaired) electrons. The molecule has 5 aromatic rings. The maximum Gasteiger partial charge on any atom is 0.293 e. The van der Waals surface area contributed by atoms with Gasteiger partial charge in [-0.15, -0.1) is 4.68 Å². The number of aromatic nitrogens is 9. The highest BCUT2D eigenvalue weighted by Gasteiger charge is 2.29. The van der Waals surface area contributed by atoms with Crippen LogP contribution >= 0.6 is 11.6 Å². The number of rotatable bonds is 8. The topological polar surface area (TPSA) is 111 Å². The first kappa shape index (κ1) is 24.2. The van der Waals surface area contributed by atoms with E-state index in [-0.39, 0.29) is 17.6 Å². The fourth-order valence-electron chi connectivity index (χ4n) is 4.66. The average Bonchev–Trinajstić information content (AvgIpc) is 3.35. The van der Waals surface area contributed by atoms with E-state index < -0.39 is 0 Å². The highest BCUT2D eigenvalue weighted by atomic mass is 35.5. The Kier molecular flexibility index (Phi) is 6.32. The van der Waals surface area contributed by atoms with E-state index in [9.17, 15) is 4.79 Å². The number of hydrogen-bond acceptors (Lipinski definition) is 6. The molecule has 38 heavy (non-hydrogen) atoms. The van der Waals surface area contributed by atoms with Crippen molar-refractivity contribution in [2.75, 3.05) is 0 Å². The number of tetrazole rings is 1. The molecule has 10 nitrogen and oxygen atoms in total. The Morgan fingerprint density at radius 1 is 1.05 bits per heavy atom. The maximum atomic E-state index is 12.5. The molecule has 1 aliphatic rings. The van der Waals surface area contributed by atoms with Gasteiger partial charge in [0.2, 0.25) is 0 Å². The monoisotopic (exact) mass is 528 g/mol. The Balaban J connectivity index is 1.32. The summed E-state index contributed by atoms with van der Waals surface area (Å²) < 4.78 is 5.16. The van der Waals surface area contributed by atoms with Crippen LogP contribution in [-0.4, -0.2) is 40.1 Å². The predicted octanol–water partition coefficient (Wildman–Crippen LogP) is 4.19. The van der Waals surface area contributed by atoms with Crippen LogP contribution in [0, 0.1) is 5.92 Å². The summed E-state index contributed by atoms with van der Waals surface area (Å²) in [5, 5.41) is 20.2. The van der Waals surface area contributed by atoms with Crippen LogP contribution in [0.15, 0.2) is 72.3 Å². The number of benzene rings is 1. The molecule has 0 saturated heterocycles. The lowest BCUT2D eigenvalue weighted by Gasteiger charge is -2.17. The van der Waals surface area contributed by atoms with Gasteiger partial charge in [-0.3, -0.25) is 14.5 Å². The van der Waals surface area contributed by atoms with E-state index in [1.165, 1.54) is 17.5 Å². The van der Waals surface area contributed by atoms with Gasteiger partial charge >= 0.3 is 0 Å². The Morgan fingerprint density at radius 3 is 2.58 bits per heavy atom. The summed E-state index contributed by atoms with van der Waals surface area (Å²) in [5.74, 6) is 0.662. The molecule has 1 saturated carbocycles. The molecule has 0 spiro atoms. The van der Waals surface area contributed by atoms with Crippen molar-refractivity contribution in [3.63, 3.8) is 0 Å². The fraction of sp³-hybridized carbons (Fsp3) is 0.296. The van der Waals surface area contributed by atoms with Crippen LogP contribution in [0.4, 0.5) is 0 Å². The van der Waals surface area contributed by atoms with E-state index in [1.54, 1.807) is 29.5 Å². The number of nitrogens with zero attached hydrogens (tertiary/aromatic N) is 8. The predicted molar refractivity (Wildman–Crippen MR) is 142 cm³/mol. The summed E-state index contributed by atoms with van der Waals surface area (Å²) in [6, 6.07) is 11.4. The van der Waals surface area contributed by atoms with Gasteiger partial charge in [0.15, 0.2) is 5.21 Å². The van der Waals surface area contributed by atoms with Gasteiger partial charge < -0.3 is 0 Å². The van der Waals surface area contributed by atoms with Gasteiger partial charge in [0.05, 0.1) is 30.2 Å². The van der Waals surface area contributed by atoms with E-state index in [1.807, 2.05) is 49.1 Å². The minimum absolute atomic E-state index is 0.00831. The van der Waals surface area contributed by atoms with Crippen molar-refractivity contribution in [1.82, 2.24) is 40.1 Å². The number of pyridine rings is 1. The van der Waals surface area contributed by atoms with Crippen molar-refractivity contribution < 1.29 is 4.68 Å². The molecule has 192 valence electrons. The quantitative estimate of drug-likeness (QED) is 0.302. The maximum absolute atomic E-state index is 12.5. The molecule has 1 aromatic carbocycles. The molecule has 1 atom stereocenters. The molecule has 1 unspecified atom stereocenters. The van der Waals surface area contributed by atoms with Crippen LogP contribution in [0.2, 0.25) is 5.02 Å². The summed E-state index contributed by atoms with van der Waals surface area (Å²) >= 11 is 6.33. The molecule has 11 heteroatoms. The summed E-state index contributed by atoms with van der Waals surface area (Å²) in [6.07, 6.45) is 12.4. The zero-order valence-electron chi connectivity index (χ0n) is 21.1. The molecule has 1 aliphatic carbocycles. The first-order valence-electron chi connectivity index (χ1n) is 12.6. The molecule has 0 bridgehead atoms. The second-order valence-corrected chi connectivity index (χ2v) is 10.4. The van der Waals surface area contributed by atoms with Gasteiger partial charge in [-0.05, 0) is 50.5 Å². The average molecular weight is 529 g/mol. The van der Waals surface area contributed by atoms with Crippen molar-refractivity contribution in [1.29, 1.82) is 0 Å². The zero-order chi connectivity index (χ0) is 26.2. The Hall–Kier alpha value is -4.18. The van der Waals surface area contributed by atoms with Gasteiger partial charge in [0.25, 0.3) is 11.9 Å². The second-order valence-electron chi connectivity index (χ2n) is 9.96. The molecular formula is C27H27ClN9O+. The third-order valence-electron chi connectivity index (χ3n) is 6.86. The van der Waals surface area contributed by atoms with Crippen LogP contribution in [0.5, 0.6) is 0 Å². The van der Waals surface area contributed by atoms with Gasteiger partial charge in [-0.25, -0.2) is 4.68 Å². The van der Waals surface area contributed by atoms with Crippen molar-refractivity contribution in [3.8, 4) is 27.9 Å². The van der Waals surface area contributed by atoms with Crippen LogP contribution in [-0.2, 0) is 0 Å². The lowest BCUT2D eigenvalue weighted by Crippen LogP contribution is -2.32. The smallest absolute Gasteiger partial charge is 0.268 e. The van der Waals surface area contributed by atoms with Crippen LogP contribution < -0.4 is 10.2 Å². The number of H-pyrrole nitrogens is 1. The number of halogens is 1. The standard InChI is InChI=1S/C27H26ClN9O/c1-17(2)37-27(38)10-20(13-32-37)21-14-31-35(15-21)26(9-18-3-4-18)24-7-5-19(12-29-24)23-11-22(28)6-8-25(23)36-16-30-33-34-36/h5-8,10-18,26H,3-4,9H2,1-2H3/p+1. The Bertz CT molecular complexity index is 1620. The molecular weight excluding hydrogens is 502 g/mol. The lowest BCUT2D eigenvalue weighted by molar-refractivity contribution is -0.659. The first-order chi connectivity index (χ1) is 18.5. The van der Waals surface area contributed by atoms with Crippen molar-refractivity contribution in [3.05, 3.63) is 88.6 Å². The molecule has 1 fully saturated rings. The van der Waals surface area contributed by atoms with Crippen molar-refractivity contribution in [2.24, 2.45) is 5.92 Å². The van der Waals surface area contributed by atoms with Gasteiger partial charge in [-0.1, -0.05) is 35.7 Å². The summed E-state index contributed by atoms with van der Waals surface area (Å²) in [4.78, 5) is 17.4. The molecule has 6 rings (SSSR count). The molecule has 4 aromatic heterocycles. The summed E-state index contributed by atoms with van der Waals surface area (Å²) in [5.41, 5.74) is 5.13. The first-order valence-corrected chi connectivity index (χ1v) is 13.0.